The van der Waals surface area contributed by atoms with Crippen molar-refractivity contribution >= 4 is 17.2 Å². The van der Waals surface area contributed by atoms with Crippen molar-refractivity contribution in [3.05, 3.63) is 22.4 Å². The van der Waals surface area contributed by atoms with E-state index in [0.717, 1.165) is 25.9 Å². The van der Waals surface area contributed by atoms with Crippen LogP contribution in [0.4, 0.5) is 0 Å². The quantitative estimate of drug-likeness (QED) is 0.902. The van der Waals surface area contributed by atoms with Crippen LogP contribution in [0.1, 0.15) is 51.0 Å². The SMILES string of the molecule is CC(NC(c1cccs1)C(C)C)C(=O)N1CCCCC1. The predicted molar refractivity (Wildman–Crippen MR) is 84.9 cm³/mol. The first kappa shape index (κ1) is 15.5. The maximum absolute atomic E-state index is 12.5. The Hall–Kier alpha value is -0.870. The van der Waals surface area contributed by atoms with E-state index in [1.54, 1.807) is 11.3 Å². The molecule has 2 heterocycles. The molecule has 4 heteroatoms. The summed E-state index contributed by atoms with van der Waals surface area (Å²) < 4.78 is 0. The average molecular weight is 294 g/mol. The van der Waals surface area contributed by atoms with Gasteiger partial charge in [-0.25, -0.2) is 0 Å². The standard InChI is InChI=1S/C16H26N2OS/c1-12(2)15(14-8-7-11-20-14)17-13(3)16(19)18-9-5-4-6-10-18/h7-8,11-13,15,17H,4-6,9-10H2,1-3H3. The molecular formula is C16H26N2OS. The maximum atomic E-state index is 12.5. The van der Waals surface area contributed by atoms with Crippen LogP contribution in [0.2, 0.25) is 0 Å². The zero-order chi connectivity index (χ0) is 14.5. The summed E-state index contributed by atoms with van der Waals surface area (Å²) in [5.74, 6) is 0.733. The molecule has 1 aliphatic heterocycles. The highest BCUT2D eigenvalue weighted by atomic mass is 32.1. The number of rotatable bonds is 5. The second-order valence-corrected chi connectivity index (χ2v) is 6.99. The Morgan fingerprint density at radius 3 is 2.50 bits per heavy atom. The minimum Gasteiger partial charge on any atom is -0.341 e. The van der Waals surface area contributed by atoms with Crippen molar-refractivity contribution in [3.8, 4) is 0 Å². The number of thiophene rings is 1. The number of hydrogen-bond acceptors (Lipinski definition) is 3. The zero-order valence-corrected chi connectivity index (χ0v) is 13.6. The Morgan fingerprint density at radius 1 is 1.25 bits per heavy atom. The first-order chi connectivity index (χ1) is 9.59. The third kappa shape index (κ3) is 3.83. The maximum Gasteiger partial charge on any atom is 0.239 e. The summed E-state index contributed by atoms with van der Waals surface area (Å²) in [7, 11) is 0. The highest BCUT2D eigenvalue weighted by molar-refractivity contribution is 7.10. The van der Waals surface area contributed by atoms with Gasteiger partial charge in [-0.15, -0.1) is 11.3 Å². The molecule has 2 rings (SSSR count). The van der Waals surface area contributed by atoms with Gasteiger partial charge >= 0.3 is 0 Å². The number of amides is 1. The monoisotopic (exact) mass is 294 g/mol. The van der Waals surface area contributed by atoms with Crippen molar-refractivity contribution in [2.75, 3.05) is 13.1 Å². The zero-order valence-electron chi connectivity index (χ0n) is 12.8. The molecule has 1 aliphatic rings. The lowest BCUT2D eigenvalue weighted by Gasteiger charge is -2.32. The van der Waals surface area contributed by atoms with Crippen molar-refractivity contribution in [2.45, 2.75) is 52.1 Å². The first-order valence-electron chi connectivity index (χ1n) is 7.68. The highest BCUT2D eigenvalue weighted by Crippen LogP contribution is 2.26. The second kappa shape index (κ2) is 7.23. The molecular weight excluding hydrogens is 268 g/mol. The van der Waals surface area contributed by atoms with Crippen LogP contribution in [0.3, 0.4) is 0 Å². The van der Waals surface area contributed by atoms with Crippen LogP contribution in [0.15, 0.2) is 17.5 Å². The van der Waals surface area contributed by atoms with Gasteiger partial charge in [-0.05, 0) is 43.6 Å². The molecule has 1 aromatic heterocycles. The van der Waals surface area contributed by atoms with Gasteiger partial charge in [-0.1, -0.05) is 19.9 Å². The number of carbonyl (C=O) groups excluding carboxylic acids is 1. The van der Waals surface area contributed by atoms with Gasteiger partial charge in [0.25, 0.3) is 0 Å². The number of nitrogens with zero attached hydrogens (tertiary/aromatic N) is 1. The minimum atomic E-state index is -0.109. The highest BCUT2D eigenvalue weighted by Gasteiger charge is 2.26. The molecule has 0 radical (unpaired) electrons. The van der Waals surface area contributed by atoms with Gasteiger partial charge < -0.3 is 4.90 Å². The average Bonchev–Trinajstić information content (AvgIpc) is 2.98. The molecule has 0 aromatic carbocycles. The van der Waals surface area contributed by atoms with E-state index in [1.165, 1.54) is 11.3 Å². The minimum absolute atomic E-state index is 0.109. The van der Waals surface area contributed by atoms with Crippen LogP contribution >= 0.6 is 11.3 Å². The van der Waals surface area contributed by atoms with Crippen LogP contribution in [-0.2, 0) is 4.79 Å². The Kier molecular flexibility index (Phi) is 5.61. The lowest BCUT2D eigenvalue weighted by molar-refractivity contribution is -0.134. The second-order valence-electron chi connectivity index (χ2n) is 6.01. The number of nitrogens with one attached hydrogen (secondary N) is 1. The van der Waals surface area contributed by atoms with Crippen LogP contribution in [0, 0.1) is 5.92 Å². The molecule has 20 heavy (non-hydrogen) atoms. The molecule has 1 fully saturated rings. The summed E-state index contributed by atoms with van der Waals surface area (Å²) in [4.78, 5) is 15.8. The lowest BCUT2D eigenvalue weighted by atomic mass is 10.0. The van der Waals surface area contributed by atoms with Gasteiger partial charge in [0, 0.05) is 24.0 Å². The molecule has 112 valence electrons. The Bertz CT molecular complexity index is 410. The topological polar surface area (TPSA) is 32.3 Å². The summed E-state index contributed by atoms with van der Waals surface area (Å²) in [6.07, 6.45) is 3.56. The molecule has 0 bridgehead atoms. The molecule has 3 nitrogen and oxygen atoms in total. The van der Waals surface area contributed by atoms with E-state index in [9.17, 15) is 4.79 Å². The molecule has 1 amide bonds. The summed E-state index contributed by atoms with van der Waals surface area (Å²) in [5, 5.41) is 5.64. The van der Waals surface area contributed by atoms with Crippen LogP contribution in [-0.4, -0.2) is 29.9 Å². The smallest absolute Gasteiger partial charge is 0.239 e. The number of carbonyl (C=O) groups is 1. The number of piperidine rings is 1. The molecule has 1 saturated heterocycles. The fraction of sp³-hybridized carbons (Fsp3) is 0.688. The van der Waals surface area contributed by atoms with Crippen LogP contribution in [0.25, 0.3) is 0 Å². The molecule has 1 N–H and O–H groups in total. The lowest BCUT2D eigenvalue weighted by Crippen LogP contribution is -2.48. The van der Waals surface area contributed by atoms with Crippen molar-refractivity contribution in [1.29, 1.82) is 0 Å². The predicted octanol–water partition coefficient (Wildman–Crippen LogP) is 3.44. The van der Waals surface area contributed by atoms with Gasteiger partial charge in [-0.3, -0.25) is 10.1 Å². The van der Waals surface area contributed by atoms with Gasteiger partial charge in [-0.2, -0.15) is 0 Å². The van der Waals surface area contributed by atoms with E-state index in [2.05, 4.69) is 36.7 Å². The molecule has 2 atom stereocenters. The fourth-order valence-corrected chi connectivity index (χ4v) is 3.76. The van der Waals surface area contributed by atoms with E-state index in [1.807, 2.05) is 11.8 Å². The third-order valence-electron chi connectivity index (χ3n) is 3.98. The number of likely N-dealkylation sites (tertiary alicyclic amines) is 1. The van der Waals surface area contributed by atoms with E-state index in [0.29, 0.717) is 5.92 Å². The van der Waals surface area contributed by atoms with E-state index < -0.39 is 0 Å². The van der Waals surface area contributed by atoms with Crippen molar-refractivity contribution in [1.82, 2.24) is 10.2 Å². The molecule has 0 saturated carbocycles. The Balaban J connectivity index is 1.97. The molecule has 0 spiro atoms. The Labute approximate surface area is 126 Å². The first-order valence-corrected chi connectivity index (χ1v) is 8.56. The van der Waals surface area contributed by atoms with Crippen molar-refractivity contribution in [3.63, 3.8) is 0 Å². The van der Waals surface area contributed by atoms with Gasteiger partial charge in [0.05, 0.1) is 6.04 Å². The molecule has 0 aliphatic carbocycles. The summed E-state index contributed by atoms with van der Waals surface area (Å²) in [6, 6.07) is 4.38. The van der Waals surface area contributed by atoms with Crippen molar-refractivity contribution in [2.24, 2.45) is 5.92 Å². The fourth-order valence-electron chi connectivity index (χ4n) is 2.80. The van der Waals surface area contributed by atoms with Gasteiger partial charge in [0.2, 0.25) is 5.91 Å². The summed E-state index contributed by atoms with van der Waals surface area (Å²) in [6.45, 7) is 8.26. The normalized spacial score (nSPS) is 19.1. The van der Waals surface area contributed by atoms with E-state index >= 15 is 0 Å². The summed E-state index contributed by atoms with van der Waals surface area (Å²) >= 11 is 1.76. The largest absolute Gasteiger partial charge is 0.341 e. The van der Waals surface area contributed by atoms with Crippen LogP contribution < -0.4 is 5.32 Å². The summed E-state index contributed by atoms with van der Waals surface area (Å²) in [5.41, 5.74) is 0. The molecule has 2 unspecified atom stereocenters. The molecule has 1 aromatic rings. The van der Waals surface area contributed by atoms with Crippen molar-refractivity contribution < 1.29 is 4.79 Å². The Morgan fingerprint density at radius 2 is 1.95 bits per heavy atom. The van der Waals surface area contributed by atoms with Gasteiger partial charge in [0.15, 0.2) is 0 Å². The van der Waals surface area contributed by atoms with Gasteiger partial charge in [0.1, 0.15) is 0 Å². The van der Waals surface area contributed by atoms with Crippen LogP contribution in [0.5, 0.6) is 0 Å². The van der Waals surface area contributed by atoms with E-state index in [-0.39, 0.29) is 18.0 Å². The third-order valence-corrected chi connectivity index (χ3v) is 4.94. The van der Waals surface area contributed by atoms with E-state index in [4.69, 9.17) is 0 Å². The number of hydrogen-bond donors (Lipinski definition) is 1.